The molecule has 0 bridgehead atoms. The van der Waals surface area contributed by atoms with E-state index in [0.29, 0.717) is 12.2 Å². The minimum absolute atomic E-state index is 0.161. The summed E-state index contributed by atoms with van der Waals surface area (Å²) < 4.78 is 0. The Morgan fingerprint density at radius 2 is 1.88 bits per heavy atom. The van der Waals surface area contributed by atoms with E-state index in [4.69, 9.17) is 5.73 Å². The van der Waals surface area contributed by atoms with Gasteiger partial charge in [0.15, 0.2) is 0 Å². The highest BCUT2D eigenvalue weighted by atomic mass is 16.2. The van der Waals surface area contributed by atoms with Crippen LogP contribution in [0.25, 0.3) is 0 Å². The van der Waals surface area contributed by atoms with Crippen LogP contribution >= 0.6 is 0 Å². The van der Waals surface area contributed by atoms with E-state index >= 15 is 0 Å². The minimum atomic E-state index is -0.248. The molecular formula is C11H13N3O2. The number of imide groups is 1. The van der Waals surface area contributed by atoms with Crippen molar-refractivity contribution in [1.29, 1.82) is 0 Å². The molecule has 1 fully saturated rings. The molecule has 2 N–H and O–H groups in total. The smallest absolute Gasteiger partial charge is 0.327 e. The fraction of sp³-hybridized carbons (Fsp3) is 0.273. The topological polar surface area (TPSA) is 66.6 Å². The van der Waals surface area contributed by atoms with Crippen LogP contribution in [0.3, 0.4) is 0 Å². The molecular weight excluding hydrogens is 206 g/mol. The number of carbonyl (C=O) groups is 2. The van der Waals surface area contributed by atoms with Crippen molar-refractivity contribution < 1.29 is 9.59 Å². The third kappa shape index (κ3) is 1.84. The second-order valence-electron chi connectivity index (χ2n) is 3.86. The molecule has 0 atom stereocenters. The summed E-state index contributed by atoms with van der Waals surface area (Å²) in [5, 5.41) is 0. The SMILES string of the molecule is CN1CC(=O)N(Cc2ccc(N)cc2)C1=O. The van der Waals surface area contributed by atoms with Gasteiger partial charge in [0.1, 0.15) is 6.54 Å². The molecule has 0 aliphatic carbocycles. The number of benzene rings is 1. The molecule has 1 aromatic carbocycles. The third-order valence-electron chi connectivity index (χ3n) is 2.55. The molecule has 2 rings (SSSR count). The quantitative estimate of drug-likeness (QED) is 0.587. The molecule has 3 amide bonds. The van der Waals surface area contributed by atoms with Crippen LogP contribution in [0.15, 0.2) is 24.3 Å². The van der Waals surface area contributed by atoms with Crippen LogP contribution < -0.4 is 5.73 Å². The number of nitrogen functional groups attached to an aromatic ring is 1. The fourth-order valence-corrected chi connectivity index (χ4v) is 1.63. The zero-order valence-corrected chi connectivity index (χ0v) is 9.01. The van der Waals surface area contributed by atoms with Gasteiger partial charge in [0.2, 0.25) is 0 Å². The number of amides is 3. The van der Waals surface area contributed by atoms with Crippen molar-refractivity contribution in [1.82, 2.24) is 9.80 Å². The molecule has 1 saturated heterocycles. The average Bonchev–Trinajstić information content (AvgIpc) is 2.48. The Balaban J connectivity index is 2.13. The summed E-state index contributed by atoms with van der Waals surface area (Å²) in [7, 11) is 1.61. The molecule has 0 radical (unpaired) electrons. The lowest BCUT2D eigenvalue weighted by atomic mass is 10.2. The van der Waals surface area contributed by atoms with Gasteiger partial charge in [-0.3, -0.25) is 9.69 Å². The van der Waals surface area contributed by atoms with Gasteiger partial charge < -0.3 is 10.6 Å². The first-order valence-electron chi connectivity index (χ1n) is 4.98. The van der Waals surface area contributed by atoms with E-state index in [0.717, 1.165) is 5.56 Å². The molecule has 16 heavy (non-hydrogen) atoms. The molecule has 5 nitrogen and oxygen atoms in total. The summed E-state index contributed by atoms with van der Waals surface area (Å²) in [5.41, 5.74) is 7.12. The summed E-state index contributed by atoms with van der Waals surface area (Å²) >= 11 is 0. The fourth-order valence-electron chi connectivity index (χ4n) is 1.63. The van der Waals surface area contributed by atoms with Crippen LogP contribution in [0.1, 0.15) is 5.56 Å². The number of hydrogen-bond donors (Lipinski definition) is 1. The van der Waals surface area contributed by atoms with Gasteiger partial charge in [0.05, 0.1) is 6.54 Å². The van der Waals surface area contributed by atoms with Gasteiger partial charge >= 0.3 is 6.03 Å². The van der Waals surface area contributed by atoms with Crippen molar-refractivity contribution in [3.63, 3.8) is 0 Å². The Hall–Kier alpha value is -2.04. The maximum Gasteiger partial charge on any atom is 0.327 e. The van der Waals surface area contributed by atoms with Crippen molar-refractivity contribution in [2.75, 3.05) is 19.3 Å². The summed E-state index contributed by atoms with van der Waals surface area (Å²) in [6.07, 6.45) is 0. The number of carbonyl (C=O) groups excluding carboxylic acids is 2. The third-order valence-corrected chi connectivity index (χ3v) is 2.55. The zero-order chi connectivity index (χ0) is 11.7. The Labute approximate surface area is 93.4 Å². The van der Waals surface area contributed by atoms with Gasteiger partial charge in [-0.1, -0.05) is 12.1 Å². The Morgan fingerprint density at radius 1 is 1.25 bits per heavy atom. The van der Waals surface area contributed by atoms with Crippen LogP contribution in [0, 0.1) is 0 Å². The molecule has 84 valence electrons. The molecule has 0 spiro atoms. The summed E-state index contributed by atoms with van der Waals surface area (Å²) in [6, 6.07) is 6.89. The maximum atomic E-state index is 11.6. The number of hydrogen-bond acceptors (Lipinski definition) is 3. The van der Waals surface area contributed by atoms with E-state index in [-0.39, 0.29) is 18.5 Å². The molecule has 0 unspecified atom stereocenters. The number of urea groups is 1. The highest BCUT2D eigenvalue weighted by Crippen LogP contribution is 2.14. The van der Waals surface area contributed by atoms with Gasteiger partial charge in [0, 0.05) is 12.7 Å². The molecule has 0 saturated carbocycles. The van der Waals surface area contributed by atoms with Crippen molar-refractivity contribution in [2.45, 2.75) is 6.54 Å². The monoisotopic (exact) mass is 219 g/mol. The van der Waals surface area contributed by atoms with E-state index < -0.39 is 0 Å². The maximum absolute atomic E-state index is 11.6. The number of anilines is 1. The van der Waals surface area contributed by atoms with Gasteiger partial charge in [-0.2, -0.15) is 0 Å². The van der Waals surface area contributed by atoms with E-state index in [1.54, 1.807) is 19.2 Å². The summed E-state index contributed by atoms with van der Waals surface area (Å²) in [6.45, 7) is 0.468. The normalized spacial score (nSPS) is 16.1. The summed E-state index contributed by atoms with van der Waals surface area (Å²) in [4.78, 5) is 25.7. The molecule has 1 aromatic rings. The Kier molecular flexibility index (Phi) is 2.52. The molecule has 0 aromatic heterocycles. The zero-order valence-electron chi connectivity index (χ0n) is 9.01. The van der Waals surface area contributed by atoms with E-state index in [1.165, 1.54) is 9.80 Å². The van der Waals surface area contributed by atoms with E-state index in [9.17, 15) is 9.59 Å². The van der Waals surface area contributed by atoms with Crippen LogP contribution in [0.5, 0.6) is 0 Å². The van der Waals surface area contributed by atoms with E-state index in [2.05, 4.69) is 0 Å². The standard InChI is InChI=1S/C11H13N3O2/c1-13-7-10(15)14(11(13)16)6-8-2-4-9(12)5-3-8/h2-5H,6-7,12H2,1H3. The first-order chi connectivity index (χ1) is 7.58. The van der Waals surface area contributed by atoms with Crippen molar-refractivity contribution in [2.24, 2.45) is 0 Å². The van der Waals surface area contributed by atoms with Crippen molar-refractivity contribution in [3.8, 4) is 0 Å². The van der Waals surface area contributed by atoms with Crippen LogP contribution in [0.2, 0.25) is 0 Å². The van der Waals surface area contributed by atoms with Crippen LogP contribution in [0.4, 0.5) is 10.5 Å². The summed E-state index contributed by atoms with van der Waals surface area (Å²) in [5.74, 6) is -0.163. The van der Waals surface area contributed by atoms with Gasteiger partial charge in [-0.25, -0.2) is 4.79 Å². The van der Waals surface area contributed by atoms with Gasteiger partial charge in [-0.05, 0) is 17.7 Å². The first kappa shape index (κ1) is 10.5. The minimum Gasteiger partial charge on any atom is -0.399 e. The largest absolute Gasteiger partial charge is 0.399 e. The Bertz CT molecular complexity index is 427. The highest BCUT2D eigenvalue weighted by Gasteiger charge is 2.33. The van der Waals surface area contributed by atoms with E-state index in [1.807, 2.05) is 12.1 Å². The first-order valence-corrected chi connectivity index (χ1v) is 4.98. The van der Waals surface area contributed by atoms with Crippen LogP contribution in [-0.4, -0.2) is 35.3 Å². The molecule has 1 aliphatic rings. The second-order valence-corrected chi connectivity index (χ2v) is 3.86. The van der Waals surface area contributed by atoms with Gasteiger partial charge in [-0.15, -0.1) is 0 Å². The van der Waals surface area contributed by atoms with Crippen molar-refractivity contribution >= 4 is 17.6 Å². The lowest BCUT2D eigenvalue weighted by molar-refractivity contribution is -0.125. The second kappa shape index (κ2) is 3.84. The van der Waals surface area contributed by atoms with Crippen molar-refractivity contribution in [3.05, 3.63) is 29.8 Å². The predicted octanol–water partition coefficient (Wildman–Crippen LogP) is 0.663. The average molecular weight is 219 g/mol. The number of rotatable bonds is 2. The molecule has 1 heterocycles. The highest BCUT2D eigenvalue weighted by molar-refractivity contribution is 6.01. The predicted molar refractivity (Wildman–Crippen MR) is 59.4 cm³/mol. The molecule has 5 heteroatoms. The lowest BCUT2D eigenvalue weighted by Gasteiger charge is -2.14. The van der Waals surface area contributed by atoms with Gasteiger partial charge in [0.25, 0.3) is 5.91 Å². The van der Waals surface area contributed by atoms with Crippen LogP contribution in [-0.2, 0) is 11.3 Å². The Morgan fingerprint density at radius 3 is 2.38 bits per heavy atom. The number of nitrogens with two attached hydrogens (primary N) is 1. The number of nitrogens with zero attached hydrogens (tertiary/aromatic N) is 2. The molecule has 1 aliphatic heterocycles. The number of likely N-dealkylation sites (N-methyl/N-ethyl adjacent to an activating group) is 1. The lowest BCUT2D eigenvalue weighted by Crippen LogP contribution is -2.30.